The normalized spacial score (nSPS) is 20.1. The van der Waals surface area contributed by atoms with Gasteiger partial charge in [0.15, 0.2) is 0 Å². The minimum absolute atomic E-state index is 0.0328. The summed E-state index contributed by atoms with van der Waals surface area (Å²) < 4.78 is 41.3. The van der Waals surface area contributed by atoms with Crippen molar-refractivity contribution in [3.8, 4) is 0 Å². The molecular weight excluding hydrogens is 291 g/mol. The minimum atomic E-state index is -3.63. The molecule has 1 heterocycles. The first-order valence-corrected chi connectivity index (χ1v) is 8.81. The highest BCUT2D eigenvalue weighted by Crippen LogP contribution is 2.30. The van der Waals surface area contributed by atoms with E-state index in [4.69, 9.17) is 0 Å². The van der Waals surface area contributed by atoms with Gasteiger partial charge in [0.1, 0.15) is 5.82 Å². The molecule has 1 aliphatic heterocycles. The summed E-state index contributed by atoms with van der Waals surface area (Å²) in [6.45, 7) is 4.49. The summed E-state index contributed by atoms with van der Waals surface area (Å²) >= 11 is 0. The number of nitrogens with one attached hydrogen (secondary N) is 1. The Morgan fingerprint density at radius 1 is 1.43 bits per heavy atom. The minimum Gasteiger partial charge on any atom is -0.316 e. The van der Waals surface area contributed by atoms with E-state index in [1.165, 1.54) is 17.3 Å². The van der Waals surface area contributed by atoms with Gasteiger partial charge in [0.2, 0.25) is 10.0 Å². The van der Waals surface area contributed by atoms with Crippen molar-refractivity contribution in [2.24, 2.45) is 0 Å². The van der Waals surface area contributed by atoms with Crippen LogP contribution in [-0.4, -0.2) is 32.4 Å². The fraction of sp³-hybridized carbons (Fsp3) is 0.600. The van der Waals surface area contributed by atoms with E-state index in [2.05, 4.69) is 5.32 Å². The summed E-state index contributed by atoms with van der Waals surface area (Å²) in [6, 6.07) is 3.02. The largest absolute Gasteiger partial charge is 0.316 e. The van der Waals surface area contributed by atoms with Crippen LogP contribution >= 0.6 is 0 Å². The van der Waals surface area contributed by atoms with E-state index in [0.29, 0.717) is 18.7 Å². The third kappa shape index (κ3) is 3.12. The first-order chi connectivity index (χ1) is 9.91. The topological polar surface area (TPSA) is 49.4 Å². The van der Waals surface area contributed by atoms with Crippen LogP contribution in [0.3, 0.4) is 0 Å². The lowest BCUT2D eigenvalue weighted by atomic mass is 10.1. The van der Waals surface area contributed by atoms with E-state index in [0.717, 1.165) is 19.3 Å². The zero-order chi connectivity index (χ0) is 15.6. The van der Waals surface area contributed by atoms with Gasteiger partial charge in [-0.05, 0) is 50.9 Å². The predicted molar refractivity (Wildman–Crippen MR) is 81.1 cm³/mol. The van der Waals surface area contributed by atoms with E-state index in [-0.39, 0.29) is 16.5 Å². The number of hydrogen-bond donors (Lipinski definition) is 1. The van der Waals surface area contributed by atoms with Crippen LogP contribution in [0.15, 0.2) is 17.0 Å². The highest BCUT2D eigenvalue weighted by molar-refractivity contribution is 7.89. The molecule has 2 rings (SSSR count). The Bertz CT molecular complexity index is 616. The van der Waals surface area contributed by atoms with Crippen LogP contribution < -0.4 is 5.32 Å². The van der Waals surface area contributed by atoms with Crippen molar-refractivity contribution in [1.82, 2.24) is 9.62 Å². The van der Waals surface area contributed by atoms with Gasteiger partial charge in [0.25, 0.3) is 0 Å². The quantitative estimate of drug-likeness (QED) is 0.908. The summed E-state index contributed by atoms with van der Waals surface area (Å²) in [6.07, 6.45) is 2.54. The summed E-state index contributed by atoms with van der Waals surface area (Å²) in [5.74, 6) is -0.464. The van der Waals surface area contributed by atoms with Crippen molar-refractivity contribution in [3.05, 3.63) is 29.1 Å². The fourth-order valence-corrected chi connectivity index (χ4v) is 4.99. The molecule has 0 aliphatic carbocycles. The van der Waals surface area contributed by atoms with Gasteiger partial charge in [-0.1, -0.05) is 6.92 Å². The molecule has 0 aromatic heterocycles. The molecule has 1 saturated heterocycles. The van der Waals surface area contributed by atoms with Crippen LogP contribution in [0.1, 0.15) is 37.3 Å². The molecule has 1 aromatic rings. The van der Waals surface area contributed by atoms with E-state index in [1.807, 2.05) is 6.92 Å². The molecule has 1 aliphatic rings. The van der Waals surface area contributed by atoms with Crippen molar-refractivity contribution < 1.29 is 12.8 Å². The van der Waals surface area contributed by atoms with E-state index >= 15 is 0 Å². The molecule has 1 aromatic carbocycles. The Morgan fingerprint density at radius 3 is 2.76 bits per heavy atom. The Balaban J connectivity index is 2.48. The maximum atomic E-state index is 14.0. The van der Waals surface area contributed by atoms with Crippen LogP contribution in [0.5, 0.6) is 0 Å². The van der Waals surface area contributed by atoms with Gasteiger partial charge < -0.3 is 5.32 Å². The molecule has 21 heavy (non-hydrogen) atoms. The third-order valence-electron chi connectivity index (χ3n) is 4.12. The Morgan fingerprint density at radius 2 is 2.14 bits per heavy atom. The molecule has 4 nitrogen and oxygen atoms in total. The van der Waals surface area contributed by atoms with Crippen molar-refractivity contribution >= 4 is 10.0 Å². The molecule has 1 unspecified atom stereocenters. The third-order valence-corrected chi connectivity index (χ3v) is 6.20. The molecular formula is C15H23FN2O2S. The average Bonchev–Trinajstić information content (AvgIpc) is 2.92. The summed E-state index contributed by atoms with van der Waals surface area (Å²) in [7, 11) is -1.88. The van der Waals surface area contributed by atoms with Crippen LogP contribution in [0, 0.1) is 12.7 Å². The predicted octanol–water partition coefficient (Wildman–Crippen LogP) is 2.42. The summed E-state index contributed by atoms with van der Waals surface area (Å²) in [5.41, 5.74) is 0.850. The lowest BCUT2D eigenvalue weighted by Gasteiger charge is -2.24. The van der Waals surface area contributed by atoms with E-state index < -0.39 is 15.8 Å². The van der Waals surface area contributed by atoms with Gasteiger partial charge in [-0.3, -0.25) is 0 Å². The van der Waals surface area contributed by atoms with Gasteiger partial charge >= 0.3 is 0 Å². The van der Waals surface area contributed by atoms with Gasteiger partial charge in [-0.15, -0.1) is 0 Å². The molecule has 1 atom stereocenters. The lowest BCUT2D eigenvalue weighted by molar-refractivity contribution is 0.379. The first kappa shape index (κ1) is 16.4. The van der Waals surface area contributed by atoms with Gasteiger partial charge in [0.05, 0.1) is 4.90 Å². The van der Waals surface area contributed by atoms with Crippen molar-refractivity contribution in [3.63, 3.8) is 0 Å². The number of benzene rings is 1. The molecule has 1 fully saturated rings. The lowest BCUT2D eigenvalue weighted by Crippen LogP contribution is -2.35. The van der Waals surface area contributed by atoms with Crippen LogP contribution in [0.25, 0.3) is 0 Å². The van der Waals surface area contributed by atoms with Crippen molar-refractivity contribution in [2.75, 3.05) is 13.6 Å². The zero-order valence-electron chi connectivity index (χ0n) is 12.8. The monoisotopic (exact) mass is 314 g/mol. The molecule has 118 valence electrons. The molecule has 1 N–H and O–H groups in total. The second-order valence-electron chi connectivity index (χ2n) is 5.55. The van der Waals surface area contributed by atoms with Crippen molar-refractivity contribution in [2.45, 2.75) is 50.6 Å². The number of nitrogens with zero attached hydrogens (tertiary/aromatic N) is 1. The van der Waals surface area contributed by atoms with Gasteiger partial charge in [0, 0.05) is 24.7 Å². The van der Waals surface area contributed by atoms with Crippen LogP contribution in [0.2, 0.25) is 0 Å². The standard InChI is InChI=1S/C15H23FN2O2S/c1-4-13-6-5-7-18(13)21(19,20)15-9-12(10-17-3)8-14(16)11(15)2/h8-9,13,17H,4-7,10H2,1-3H3. The maximum Gasteiger partial charge on any atom is 0.243 e. The fourth-order valence-electron chi connectivity index (χ4n) is 2.94. The zero-order valence-corrected chi connectivity index (χ0v) is 13.6. The Kier molecular flexibility index (Phi) is 5.01. The molecule has 0 spiro atoms. The van der Waals surface area contributed by atoms with Crippen LogP contribution in [0.4, 0.5) is 4.39 Å². The highest BCUT2D eigenvalue weighted by atomic mass is 32.2. The smallest absolute Gasteiger partial charge is 0.243 e. The maximum absolute atomic E-state index is 14.0. The van der Waals surface area contributed by atoms with Gasteiger partial charge in [-0.2, -0.15) is 4.31 Å². The highest BCUT2D eigenvalue weighted by Gasteiger charge is 2.35. The second-order valence-corrected chi connectivity index (χ2v) is 7.41. The Hall–Kier alpha value is -0.980. The van der Waals surface area contributed by atoms with E-state index in [9.17, 15) is 12.8 Å². The number of rotatable bonds is 5. The molecule has 0 amide bonds. The van der Waals surface area contributed by atoms with Crippen molar-refractivity contribution in [1.29, 1.82) is 0 Å². The average molecular weight is 314 g/mol. The summed E-state index contributed by atoms with van der Waals surface area (Å²) in [5, 5.41) is 2.92. The molecule has 6 heteroatoms. The molecule has 0 bridgehead atoms. The molecule has 0 radical (unpaired) electrons. The number of sulfonamides is 1. The van der Waals surface area contributed by atoms with Gasteiger partial charge in [-0.25, -0.2) is 12.8 Å². The number of hydrogen-bond acceptors (Lipinski definition) is 3. The molecule has 0 saturated carbocycles. The summed E-state index contributed by atoms with van der Waals surface area (Å²) in [4.78, 5) is 0.105. The first-order valence-electron chi connectivity index (χ1n) is 7.37. The SMILES string of the molecule is CCC1CCCN1S(=O)(=O)c1cc(CNC)cc(F)c1C. The van der Waals surface area contributed by atoms with E-state index in [1.54, 1.807) is 13.1 Å². The number of halogens is 1. The second kappa shape index (κ2) is 6.42. The van der Waals surface area contributed by atoms with Crippen LogP contribution in [-0.2, 0) is 16.6 Å². The Labute approximate surface area is 126 Å².